The third-order valence-corrected chi connectivity index (χ3v) is 2.12. The van der Waals surface area contributed by atoms with E-state index in [1.165, 1.54) is 7.11 Å². The first-order valence-corrected chi connectivity index (χ1v) is 4.47. The Bertz CT molecular complexity index is 193. The Morgan fingerprint density at radius 3 is 2.62 bits per heavy atom. The van der Waals surface area contributed by atoms with Crippen LogP contribution in [-0.4, -0.2) is 49.8 Å². The highest BCUT2D eigenvalue weighted by Gasteiger charge is 2.17. The van der Waals surface area contributed by atoms with Gasteiger partial charge in [0, 0.05) is 33.0 Å². The molecular weight excluding hydrogens is 170 g/mol. The molecule has 0 N–H and O–H groups in total. The molecule has 1 aliphatic rings. The molecule has 0 spiro atoms. The van der Waals surface area contributed by atoms with Crippen molar-refractivity contribution in [2.75, 3.05) is 33.4 Å². The normalized spacial score (nSPS) is 19.0. The summed E-state index contributed by atoms with van der Waals surface area (Å²) in [5, 5.41) is 0. The number of likely N-dealkylation sites (tertiary alicyclic amines) is 1. The van der Waals surface area contributed by atoms with Crippen molar-refractivity contribution in [3.8, 4) is 0 Å². The van der Waals surface area contributed by atoms with Crippen molar-refractivity contribution in [2.45, 2.75) is 12.8 Å². The second-order valence-electron chi connectivity index (χ2n) is 3.29. The van der Waals surface area contributed by atoms with E-state index >= 15 is 0 Å². The van der Waals surface area contributed by atoms with Crippen molar-refractivity contribution in [3.63, 3.8) is 0 Å². The maximum absolute atomic E-state index is 11.1. The first-order valence-electron chi connectivity index (χ1n) is 4.47. The van der Waals surface area contributed by atoms with Crippen molar-refractivity contribution in [1.29, 1.82) is 0 Å². The van der Waals surface area contributed by atoms with Crippen LogP contribution in [-0.2, 0) is 14.3 Å². The van der Waals surface area contributed by atoms with E-state index < -0.39 is 0 Å². The maximum Gasteiger partial charge on any atom is 0.172 e. The molecule has 0 aromatic rings. The molecule has 0 saturated carbocycles. The molecule has 1 rings (SSSR count). The molecule has 0 unspecified atom stereocenters. The highest BCUT2D eigenvalue weighted by atomic mass is 16.5. The van der Waals surface area contributed by atoms with Crippen LogP contribution in [0.25, 0.3) is 0 Å². The van der Waals surface area contributed by atoms with Gasteiger partial charge >= 0.3 is 0 Å². The van der Waals surface area contributed by atoms with Crippen molar-refractivity contribution in [2.24, 2.45) is 0 Å². The van der Waals surface area contributed by atoms with Gasteiger partial charge in [0.2, 0.25) is 0 Å². The van der Waals surface area contributed by atoms with E-state index in [0.29, 0.717) is 38.3 Å². The summed E-state index contributed by atoms with van der Waals surface area (Å²) < 4.78 is 4.72. The minimum absolute atomic E-state index is 0.0804. The zero-order chi connectivity index (χ0) is 9.68. The maximum atomic E-state index is 11.1. The fourth-order valence-corrected chi connectivity index (χ4v) is 1.42. The number of ether oxygens (including phenoxy) is 1. The molecule has 1 saturated heterocycles. The van der Waals surface area contributed by atoms with Crippen LogP contribution in [0.2, 0.25) is 0 Å². The molecule has 74 valence electrons. The van der Waals surface area contributed by atoms with Gasteiger partial charge in [-0.15, -0.1) is 0 Å². The third-order valence-electron chi connectivity index (χ3n) is 2.12. The Kier molecular flexibility index (Phi) is 4.05. The quantitative estimate of drug-likeness (QED) is 0.612. The number of hydrogen-bond acceptors (Lipinski definition) is 4. The topological polar surface area (TPSA) is 46.6 Å². The second kappa shape index (κ2) is 5.09. The molecule has 0 radical (unpaired) electrons. The largest absolute Gasteiger partial charge is 0.377 e. The van der Waals surface area contributed by atoms with Crippen molar-refractivity contribution in [1.82, 2.24) is 4.90 Å². The summed E-state index contributed by atoms with van der Waals surface area (Å²) in [6.45, 7) is 2.02. The van der Waals surface area contributed by atoms with E-state index in [2.05, 4.69) is 0 Å². The summed E-state index contributed by atoms with van der Waals surface area (Å²) in [6.07, 6.45) is 1.17. The van der Waals surface area contributed by atoms with E-state index in [-0.39, 0.29) is 12.4 Å². The van der Waals surface area contributed by atoms with Gasteiger partial charge < -0.3 is 4.74 Å². The Balaban J connectivity index is 2.22. The number of Topliss-reactive ketones (excluding diaryl/α,β-unsaturated/α-hetero) is 2. The number of nitrogens with zero attached hydrogens (tertiary/aromatic N) is 1. The van der Waals surface area contributed by atoms with Crippen molar-refractivity contribution < 1.29 is 14.3 Å². The lowest BCUT2D eigenvalue weighted by Gasteiger charge is -2.24. The van der Waals surface area contributed by atoms with Gasteiger partial charge in [0.25, 0.3) is 0 Å². The number of methoxy groups -OCH3 is 1. The highest BCUT2D eigenvalue weighted by molar-refractivity contribution is 5.82. The second-order valence-corrected chi connectivity index (χ2v) is 3.29. The van der Waals surface area contributed by atoms with Crippen LogP contribution in [0.3, 0.4) is 0 Å². The van der Waals surface area contributed by atoms with Gasteiger partial charge in [-0.05, 0) is 0 Å². The summed E-state index contributed by atoms with van der Waals surface area (Å²) in [6, 6.07) is 0. The van der Waals surface area contributed by atoms with Gasteiger partial charge in [0.15, 0.2) is 5.78 Å². The predicted molar refractivity (Wildman–Crippen MR) is 47.6 cm³/mol. The monoisotopic (exact) mass is 185 g/mol. The van der Waals surface area contributed by atoms with Crippen molar-refractivity contribution in [3.05, 3.63) is 0 Å². The molecule has 1 fully saturated rings. The van der Waals surface area contributed by atoms with Crippen LogP contribution < -0.4 is 0 Å². The molecule has 0 aromatic heterocycles. The van der Waals surface area contributed by atoms with Crippen LogP contribution in [0, 0.1) is 0 Å². The van der Waals surface area contributed by atoms with Gasteiger partial charge in [-0.2, -0.15) is 0 Å². The lowest BCUT2D eigenvalue weighted by atomic mass is 10.1. The molecule has 13 heavy (non-hydrogen) atoms. The Hall–Kier alpha value is -0.740. The number of carbonyl (C=O) groups excluding carboxylic acids is 2. The predicted octanol–water partition coefficient (Wildman–Crippen LogP) is -0.133. The molecule has 0 atom stereocenters. The van der Waals surface area contributed by atoms with Crippen LogP contribution in [0.1, 0.15) is 12.8 Å². The lowest BCUT2D eigenvalue weighted by molar-refractivity contribution is -0.127. The number of rotatable bonds is 4. The average molecular weight is 185 g/mol. The van der Waals surface area contributed by atoms with Gasteiger partial charge in [-0.3, -0.25) is 14.5 Å². The third kappa shape index (κ3) is 3.65. The molecule has 0 aliphatic carbocycles. The smallest absolute Gasteiger partial charge is 0.172 e. The molecule has 1 heterocycles. The van der Waals surface area contributed by atoms with Gasteiger partial charge in [-0.1, -0.05) is 0 Å². The Labute approximate surface area is 77.8 Å². The highest BCUT2D eigenvalue weighted by Crippen LogP contribution is 2.04. The molecule has 0 aromatic carbocycles. The van der Waals surface area contributed by atoms with E-state index in [0.717, 1.165) is 0 Å². The molecular formula is C9H15NO3. The van der Waals surface area contributed by atoms with E-state index in [4.69, 9.17) is 4.74 Å². The van der Waals surface area contributed by atoms with Crippen LogP contribution in [0.4, 0.5) is 0 Å². The summed E-state index contributed by atoms with van der Waals surface area (Å²) >= 11 is 0. The summed E-state index contributed by atoms with van der Waals surface area (Å²) in [5.41, 5.74) is 0. The molecule has 0 amide bonds. The van der Waals surface area contributed by atoms with E-state index in [9.17, 15) is 9.59 Å². The number of piperidine rings is 1. The summed E-state index contributed by atoms with van der Waals surface area (Å²) in [7, 11) is 1.51. The Morgan fingerprint density at radius 2 is 2.08 bits per heavy atom. The minimum Gasteiger partial charge on any atom is -0.377 e. The van der Waals surface area contributed by atoms with Crippen LogP contribution >= 0.6 is 0 Å². The minimum atomic E-state index is 0.0804. The Morgan fingerprint density at radius 1 is 1.46 bits per heavy atom. The van der Waals surface area contributed by atoms with Crippen LogP contribution in [0.5, 0.6) is 0 Å². The molecule has 4 heteroatoms. The first-order chi connectivity index (χ1) is 6.22. The van der Waals surface area contributed by atoms with Gasteiger partial charge in [-0.25, -0.2) is 0 Å². The van der Waals surface area contributed by atoms with E-state index in [1.807, 2.05) is 4.90 Å². The molecule has 1 aliphatic heterocycles. The summed E-state index contributed by atoms with van der Waals surface area (Å²) in [4.78, 5) is 24.0. The number of ketones is 2. The molecule has 0 bridgehead atoms. The summed E-state index contributed by atoms with van der Waals surface area (Å²) in [5.74, 6) is 0.382. The van der Waals surface area contributed by atoms with Crippen LogP contribution in [0.15, 0.2) is 0 Å². The lowest BCUT2D eigenvalue weighted by Crippen LogP contribution is -2.38. The van der Waals surface area contributed by atoms with Gasteiger partial charge in [0.05, 0.1) is 6.54 Å². The van der Waals surface area contributed by atoms with E-state index in [1.54, 1.807) is 0 Å². The average Bonchev–Trinajstić information content (AvgIpc) is 2.09. The number of hydrogen-bond donors (Lipinski definition) is 0. The standard InChI is InChI=1S/C9H15NO3/c1-13-7-9(12)6-10-4-2-8(11)3-5-10/h2-7H2,1H3. The zero-order valence-electron chi connectivity index (χ0n) is 7.91. The fourth-order valence-electron chi connectivity index (χ4n) is 1.42. The molecule has 4 nitrogen and oxygen atoms in total. The number of carbonyl (C=O) groups is 2. The SMILES string of the molecule is COCC(=O)CN1CCC(=O)CC1. The zero-order valence-corrected chi connectivity index (χ0v) is 7.91. The van der Waals surface area contributed by atoms with Gasteiger partial charge in [0.1, 0.15) is 12.4 Å². The first kappa shape index (κ1) is 10.3. The fraction of sp³-hybridized carbons (Fsp3) is 0.778. The van der Waals surface area contributed by atoms with Crippen molar-refractivity contribution >= 4 is 11.6 Å².